The quantitative estimate of drug-likeness (QED) is 0.867. The van der Waals surface area contributed by atoms with E-state index in [4.69, 9.17) is 0 Å². The molecule has 1 fully saturated rings. The van der Waals surface area contributed by atoms with Crippen molar-refractivity contribution in [3.8, 4) is 0 Å². The van der Waals surface area contributed by atoms with E-state index in [1.807, 2.05) is 60.7 Å². The number of aryl methyl sites for hydroxylation is 1. The van der Waals surface area contributed by atoms with Gasteiger partial charge in [-0.25, -0.2) is 4.39 Å². The number of carbonyl (C=O) groups excluding carboxylic acids is 2. The van der Waals surface area contributed by atoms with Crippen LogP contribution in [0.3, 0.4) is 0 Å². The first-order valence-electron chi connectivity index (χ1n) is 8.90. The largest absolute Gasteiger partial charge is 0.349 e. The van der Waals surface area contributed by atoms with E-state index in [0.29, 0.717) is 12.8 Å². The molecule has 3 rings (SSSR count). The molecule has 0 aliphatic carbocycles. The zero-order valence-corrected chi connectivity index (χ0v) is 14.7. The number of halogens is 1. The van der Waals surface area contributed by atoms with Crippen molar-refractivity contribution in [3.05, 3.63) is 71.8 Å². The molecule has 0 saturated carbocycles. The van der Waals surface area contributed by atoms with Crippen molar-refractivity contribution in [2.75, 3.05) is 13.1 Å². The maximum atomic E-state index is 15.0. The number of hydrogen-bond acceptors (Lipinski definition) is 2. The predicted molar refractivity (Wildman–Crippen MR) is 98.1 cm³/mol. The van der Waals surface area contributed by atoms with Gasteiger partial charge < -0.3 is 10.2 Å². The second kappa shape index (κ2) is 8.13. The van der Waals surface area contributed by atoms with Gasteiger partial charge in [-0.2, -0.15) is 0 Å². The SMILES string of the molecule is O=C(CCc1ccccc1)N1CCC(F)(C(=O)NCc2ccccc2)C1. The molecule has 26 heavy (non-hydrogen) atoms. The molecule has 2 aromatic rings. The van der Waals surface area contributed by atoms with Gasteiger partial charge in [-0.1, -0.05) is 60.7 Å². The Morgan fingerprint density at radius 2 is 1.62 bits per heavy atom. The lowest BCUT2D eigenvalue weighted by molar-refractivity contribution is -0.134. The zero-order chi connectivity index (χ0) is 18.4. The minimum absolute atomic E-state index is 0.0463. The topological polar surface area (TPSA) is 49.4 Å². The Morgan fingerprint density at radius 1 is 1.00 bits per heavy atom. The van der Waals surface area contributed by atoms with Crippen LogP contribution >= 0.6 is 0 Å². The normalized spacial score (nSPS) is 19.3. The number of alkyl halides is 1. The second-order valence-electron chi connectivity index (χ2n) is 6.68. The summed E-state index contributed by atoms with van der Waals surface area (Å²) in [5.74, 6) is -0.746. The summed E-state index contributed by atoms with van der Waals surface area (Å²) in [5, 5.41) is 2.65. The molecule has 1 aliphatic rings. The number of carbonyl (C=O) groups is 2. The van der Waals surface area contributed by atoms with Crippen molar-refractivity contribution < 1.29 is 14.0 Å². The summed E-state index contributed by atoms with van der Waals surface area (Å²) in [5.41, 5.74) is -0.0117. The fourth-order valence-electron chi connectivity index (χ4n) is 3.16. The first kappa shape index (κ1) is 18.1. The Labute approximate surface area is 153 Å². The van der Waals surface area contributed by atoms with Crippen LogP contribution in [-0.4, -0.2) is 35.5 Å². The van der Waals surface area contributed by atoms with Gasteiger partial charge in [0.2, 0.25) is 11.6 Å². The van der Waals surface area contributed by atoms with E-state index in [9.17, 15) is 14.0 Å². The monoisotopic (exact) mass is 354 g/mol. The van der Waals surface area contributed by atoms with Gasteiger partial charge in [-0.15, -0.1) is 0 Å². The highest BCUT2D eigenvalue weighted by Gasteiger charge is 2.46. The zero-order valence-electron chi connectivity index (χ0n) is 14.7. The van der Waals surface area contributed by atoms with Crippen molar-refractivity contribution >= 4 is 11.8 Å². The minimum Gasteiger partial charge on any atom is -0.349 e. The van der Waals surface area contributed by atoms with Gasteiger partial charge in [0.1, 0.15) is 0 Å². The average Bonchev–Trinajstić information content (AvgIpc) is 3.09. The molecule has 0 radical (unpaired) electrons. The number of nitrogens with one attached hydrogen (secondary N) is 1. The molecule has 1 heterocycles. The van der Waals surface area contributed by atoms with E-state index < -0.39 is 11.6 Å². The van der Waals surface area contributed by atoms with Crippen LogP contribution in [0.1, 0.15) is 24.0 Å². The minimum atomic E-state index is -2.00. The molecule has 0 spiro atoms. The standard InChI is InChI=1S/C21H23FN2O2/c22-21(20(26)23-15-18-9-5-2-6-10-18)13-14-24(16-21)19(25)12-11-17-7-3-1-4-8-17/h1-10H,11-16H2,(H,23,26). The molecular formula is C21H23FN2O2. The van der Waals surface area contributed by atoms with Crippen LogP contribution in [-0.2, 0) is 22.6 Å². The maximum Gasteiger partial charge on any atom is 0.259 e. The predicted octanol–water partition coefficient (Wildman–Crippen LogP) is 2.88. The lowest BCUT2D eigenvalue weighted by Gasteiger charge is -2.20. The van der Waals surface area contributed by atoms with E-state index in [2.05, 4.69) is 5.32 Å². The number of likely N-dealkylation sites (tertiary alicyclic amines) is 1. The summed E-state index contributed by atoms with van der Waals surface area (Å²) in [4.78, 5) is 26.1. The summed E-state index contributed by atoms with van der Waals surface area (Å²) in [6.45, 7) is 0.400. The summed E-state index contributed by atoms with van der Waals surface area (Å²) in [6, 6.07) is 19.1. The highest BCUT2D eigenvalue weighted by Crippen LogP contribution is 2.27. The summed E-state index contributed by atoms with van der Waals surface area (Å²) >= 11 is 0. The number of rotatable bonds is 6. The first-order valence-corrected chi connectivity index (χ1v) is 8.90. The van der Waals surface area contributed by atoms with E-state index in [1.54, 1.807) is 0 Å². The van der Waals surface area contributed by atoms with Gasteiger partial charge in [0.25, 0.3) is 5.91 Å². The van der Waals surface area contributed by atoms with Crippen LogP contribution in [0, 0.1) is 0 Å². The fraction of sp³-hybridized carbons (Fsp3) is 0.333. The number of benzene rings is 2. The van der Waals surface area contributed by atoms with Gasteiger partial charge >= 0.3 is 0 Å². The van der Waals surface area contributed by atoms with Crippen molar-refractivity contribution in [2.45, 2.75) is 31.5 Å². The third-order valence-corrected chi connectivity index (χ3v) is 4.75. The maximum absolute atomic E-state index is 15.0. The van der Waals surface area contributed by atoms with Crippen LogP contribution in [0.25, 0.3) is 0 Å². The Kier molecular flexibility index (Phi) is 5.66. The molecule has 1 aliphatic heterocycles. The Balaban J connectivity index is 1.49. The van der Waals surface area contributed by atoms with Gasteiger partial charge in [-0.05, 0) is 17.5 Å². The molecule has 1 atom stereocenters. The molecule has 1 saturated heterocycles. The molecule has 1 N–H and O–H groups in total. The smallest absolute Gasteiger partial charge is 0.259 e. The Bertz CT molecular complexity index is 751. The first-order chi connectivity index (χ1) is 12.6. The van der Waals surface area contributed by atoms with Crippen LogP contribution in [0.5, 0.6) is 0 Å². The third kappa shape index (κ3) is 4.48. The van der Waals surface area contributed by atoms with Gasteiger partial charge in [-0.3, -0.25) is 9.59 Å². The van der Waals surface area contributed by atoms with Crippen LogP contribution < -0.4 is 5.32 Å². The fourth-order valence-corrected chi connectivity index (χ4v) is 3.16. The second-order valence-corrected chi connectivity index (χ2v) is 6.68. The summed E-state index contributed by atoms with van der Waals surface area (Å²) in [7, 11) is 0. The molecule has 5 heteroatoms. The molecule has 0 aromatic heterocycles. The molecule has 2 aromatic carbocycles. The molecule has 4 nitrogen and oxygen atoms in total. The number of hydrogen-bond donors (Lipinski definition) is 1. The van der Waals surface area contributed by atoms with Crippen LogP contribution in [0.4, 0.5) is 4.39 Å². The van der Waals surface area contributed by atoms with E-state index in [1.165, 1.54) is 4.90 Å². The molecule has 136 valence electrons. The highest BCUT2D eigenvalue weighted by molar-refractivity contribution is 5.87. The molecule has 1 unspecified atom stereocenters. The van der Waals surface area contributed by atoms with Gasteiger partial charge in [0, 0.05) is 25.9 Å². The molecular weight excluding hydrogens is 331 g/mol. The lowest BCUT2D eigenvalue weighted by atomic mass is 10.0. The number of nitrogens with zero attached hydrogens (tertiary/aromatic N) is 1. The lowest BCUT2D eigenvalue weighted by Crippen LogP contribution is -2.45. The molecule has 2 amide bonds. The van der Waals surface area contributed by atoms with Gasteiger partial charge in [0.05, 0.1) is 6.54 Å². The van der Waals surface area contributed by atoms with Crippen molar-refractivity contribution in [1.29, 1.82) is 0 Å². The number of amides is 2. The van der Waals surface area contributed by atoms with Crippen LogP contribution in [0.15, 0.2) is 60.7 Å². The van der Waals surface area contributed by atoms with E-state index >= 15 is 0 Å². The molecule has 0 bridgehead atoms. The van der Waals surface area contributed by atoms with Crippen molar-refractivity contribution in [3.63, 3.8) is 0 Å². The summed E-state index contributed by atoms with van der Waals surface area (Å²) in [6.07, 6.45) is 0.992. The van der Waals surface area contributed by atoms with Crippen molar-refractivity contribution in [1.82, 2.24) is 10.2 Å². The van der Waals surface area contributed by atoms with E-state index in [0.717, 1.165) is 11.1 Å². The van der Waals surface area contributed by atoms with E-state index in [-0.39, 0.29) is 32.0 Å². The third-order valence-electron chi connectivity index (χ3n) is 4.75. The average molecular weight is 354 g/mol. The summed E-state index contributed by atoms with van der Waals surface area (Å²) < 4.78 is 15.0. The highest BCUT2D eigenvalue weighted by atomic mass is 19.1. The Morgan fingerprint density at radius 3 is 2.27 bits per heavy atom. The van der Waals surface area contributed by atoms with Crippen LogP contribution in [0.2, 0.25) is 0 Å². The van der Waals surface area contributed by atoms with Crippen molar-refractivity contribution in [2.24, 2.45) is 0 Å². The Hall–Kier alpha value is -2.69. The van der Waals surface area contributed by atoms with Gasteiger partial charge in [0.15, 0.2) is 0 Å².